The zero-order chi connectivity index (χ0) is 15.0. The van der Waals surface area contributed by atoms with Crippen LogP contribution in [0.3, 0.4) is 0 Å². The fraction of sp³-hybridized carbons (Fsp3) is 0.188. The second-order valence-electron chi connectivity index (χ2n) is 4.91. The number of carbonyl (C=O) groups is 1. The molecule has 108 valence electrons. The Morgan fingerprint density at radius 1 is 1.14 bits per heavy atom. The van der Waals surface area contributed by atoms with E-state index in [4.69, 9.17) is 0 Å². The molecule has 1 atom stereocenters. The summed E-state index contributed by atoms with van der Waals surface area (Å²) in [4.78, 5) is 13.8. The second kappa shape index (κ2) is 5.26. The molecule has 2 aromatic carbocycles. The van der Waals surface area contributed by atoms with Crippen LogP contribution in [0.1, 0.15) is 21.5 Å². The predicted molar refractivity (Wildman–Crippen MR) is 81.7 cm³/mol. The van der Waals surface area contributed by atoms with Crippen molar-refractivity contribution >= 4 is 21.8 Å². The summed E-state index contributed by atoms with van der Waals surface area (Å²) in [7, 11) is 0. The molecule has 5 heteroatoms. The van der Waals surface area contributed by atoms with E-state index in [1.54, 1.807) is 30.3 Å². The first kappa shape index (κ1) is 14.3. The third-order valence-electron chi connectivity index (χ3n) is 3.72. The van der Waals surface area contributed by atoms with Gasteiger partial charge in [-0.05, 0) is 18.2 Å². The molecule has 1 amide bonds. The standard InChI is InChI=1S/C16H14BrNO3/c17-12-6-7-13-14(10-12)16(21,11-4-2-1-3-5-11)18(8-9-19)15(13)20/h1-7,10,19,21H,8-9H2. The second-order valence-corrected chi connectivity index (χ2v) is 5.82. The van der Waals surface area contributed by atoms with E-state index in [0.29, 0.717) is 16.7 Å². The summed E-state index contributed by atoms with van der Waals surface area (Å²) in [5.41, 5.74) is 0.0309. The molecule has 1 aliphatic heterocycles. The van der Waals surface area contributed by atoms with Crippen molar-refractivity contribution < 1.29 is 15.0 Å². The maximum atomic E-state index is 12.5. The maximum Gasteiger partial charge on any atom is 0.257 e. The Labute approximate surface area is 130 Å². The molecular weight excluding hydrogens is 334 g/mol. The fourth-order valence-corrected chi connectivity index (χ4v) is 3.14. The van der Waals surface area contributed by atoms with Gasteiger partial charge < -0.3 is 15.1 Å². The van der Waals surface area contributed by atoms with E-state index in [1.165, 1.54) is 4.90 Å². The zero-order valence-electron chi connectivity index (χ0n) is 11.2. The van der Waals surface area contributed by atoms with Crippen LogP contribution in [0.25, 0.3) is 0 Å². The summed E-state index contributed by atoms with van der Waals surface area (Å²) in [5, 5.41) is 20.5. The van der Waals surface area contributed by atoms with Gasteiger partial charge in [0.1, 0.15) is 0 Å². The van der Waals surface area contributed by atoms with E-state index in [-0.39, 0.29) is 19.1 Å². The highest BCUT2D eigenvalue weighted by atomic mass is 79.9. The number of rotatable bonds is 3. The number of halogens is 1. The Morgan fingerprint density at radius 3 is 2.52 bits per heavy atom. The van der Waals surface area contributed by atoms with Crippen molar-refractivity contribution in [1.82, 2.24) is 4.90 Å². The van der Waals surface area contributed by atoms with Gasteiger partial charge in [-0.25, -0.2) is 0 Å². The summed E-state index contributed by atoms with van der Waals surface area (Å²) < 4.78 is 0.786. The number of carbonyl (C=O) groups excluding carboxylic acids is 1. The van der Waals surface area contributed by atoms with Crippen molar-refractivity contribution in [2.75, 3.05) is 13.2 Å². The molecule has 1 heterocycles. The molecule has 2 aromatic rings. The molecule has 1 aliphatic rings. The molecule has 21 heavy (non-hydrogen) atoms. The van der Waals surface area contributed by atoms with E-state index in [0.717, 1.165) is 4.47 Å². The fourth-order valence-electron chi connectivity index (χ4n) is 2.77. The highest BCUT2D eigenvalue weighted by molar-refractivity contribution is 9.10. The molecule has 3 rings (SSSR count). The first-order valence-electron chi connectivity index (χ1n) is 6.60. The van der Waals surface area contributed by atoms with Gasteiger partial charge >= 0.3 is 0 Å². The zero-order valence-corrected chi connectivity index (χ0v) is 12.7. The lowest BCUT2D eigenvalue weighted by Gasteiger charge is -2.34. The largest absolute Gasteiger partial charge is 0.395 e. The number of benzene rings is 2. The van der Waals surface area contributed by atoms with Crippen LogP contribution < -0.4 is 0 Å². The van der Waals surface area contributed by atoms with Crippen LogP contribution in [0.2, 0.25) is 0 Å². The first-order valence-corrected chi connectivity index (χ1v) is 7.39. The van der Waals surface area contributed by atoms with E-state index in [1.807, 2.05) is 18.2 Å². The minimum Gasteiger partial charge on any atom is -0.395 e. The van der Waals surface area contributed by atoms with Crippen LogP contribution in [0.4, 0.5) is 0 Å². The number of amides is 1. The Bertz CT molecular complexity index is 689. The molecule has 1 unspecified atom stereocenters. The van der Waals surface area contributed by atoms with Gasteiger partial charge in [0, 0.05) is 27.7 Å². The van der Waals surface area contributed by atoms with Crippen LogP contribution in [-0.4, -0.2) is 34.2 Å². The highest BCUT2D eigenvalue weighted by Crippen LogP contribution is 2.42. The maximum absolute atomic E-state index is 12.5. The lowest BCUT2D eigenvalue weighted by molar-refractivity contribution is -0.0550. The molecular formula is C16H14BrNO3. The molecule has 4 nitrogen and oxygen atoms in total. The molecule has 0 fully saturated rings. The summed E-state index contributed by atoms with van der Waals surface area (Å²) in [6.07, 6.45) is 0. The van der Waals surface area contributed by atoms with Gasteiger partial charge in [0.25, 0.3) is 5.91 Å². The number of aliphatic hydroxyl groups excluding tert-OH is 1. The Hall–Kier alpha value is -1.69. The van der Waals surface area contributed by atoms with Crippen LogP contribution >= 0.6 is 15.9 Å². The summed E-state index contributed by atoms with van der Waals surface area (Å²) in [6.45, 7) is -0.146. The number of nitrogens with zero attached hydrogens (tertiary/aromatic N) is 1. The predicted octanol–water partition coefficient (Wildman–Crippen LogP) is 2.09. The van der Waals surface area contributed by atoms with Gasteiger partial charge in [0.05, 0.1) is 6.61 Å². The van der Waals surface area contributed by atoms with Crippen molar-refractivity contribution in [3.8, 4) is 0 Å². The molecule has 0 saturated heterocycles. The Morgan fingerprint density at radius 2 is 1.86 bits per heavy atom. The van der Waals surface area contributed by atoms with Crippen molar-refractivity contribution in [2.45, 2.75) is 5.72 Å². The molecule has 0 aliphatic carbocycles. The number of fused-ring (bicyclic) bond motifs is 1. The van der Waals surface area contributed by atoms with Gasteiger partial charge in [0.2, 0.25) is 0 Å². The van der Waals surface area contributed by atoms with E-state index < -0.39 is 5.72 Å². The van der Waals surface area contributed by atoms with Gasteiger partial charge in [-0.3, -0.25) is 4.79 Å². The van der Waals surface area contributed by atoms with Crippen molar-refractivity contribution in [1.29, 1.82) is 0 Å². The quantitative estimate of drug-likeness (QED) is 0.893. The summed E-state index contributed by atoms with van der Waals surface area (Å²) in [6, 6.07) is 14.2. The minimum atomic E-state index is -1.56. The average molecular weight is 348 g/mol. The number of aliphatic hydroxyl groups is 2. The van der Waals surface area contributed by atoms with E-state index in [2.05, 4.69) is 15.9 Å². The van der Waals surface area contributed by atoms with E-state index in [9.17, 15) is 15.0 Å². The number of hydrogen-bond acceptors (Lipinski definition) is 3. The van der Waals surface area contributed by atoms with Crippen LogP contribution in [0.5, 0.6) is 0 Å². The van der Waals surface area contributed by atoms with Gasteiger partial charge in [-0.15, -0.1) is 0 Å². The summed E-state index contributed by atoms with van der Waals surface area (Å²) >= 11 is 3.38. The highest BCUT2D eigenvalue weighted by Gasteiger charge is 2.49. The number of β-amino-alcohol motifs (C(OH)–C–C–N with tert-alkyl or cyclic N) is 1. The number of hydrogen-bond donors (Lipinski definition) is 2. The summed E-state index contributed by atoms with van der Waals surface area (Å²) in [5.74, 6) is -0.280. The normalized spacial score (nSPS) is 20.7. The minimum absolute atomic E-state index is 0.0660. The van der Waals surface area contributed by atoms with Crippen molar-refractivity contribution in [2.24, 2.45) is 0 Å². The first-order chi connectivity index (χ1) is 10.1. The van der Waals surface area contributed by atoms with Crippen LogP contribution in [0, 0.1) is 0 Å². The molecule has 0 radical (unpaired) electrons. The topological polar surface area (TPSA) is 60.8 Å². The third kappa shape index (κ3) is 2.09. The van der Waals surface area contributed by atoms with Gasteiger partial charge in [0.15, 0.2) is 5.72 Å². The third-order valence-corrected chi connectivity index (χ3v) is 4.22. The SMILES string of the molecule is O=C1c2ccc(Br)cc2C(O)(c2ccccc2)N1CCO. The molecule has 0 spiro atoms. The Kier molecular flexibility index (Phi) is 3.57. The molecule has 0 bridgehead atoms. The molecule has 0 saturated carbocycles. The van der Waals surface area contributed by atoms with Crippen molar-refractivity contribution in [3.63, 3.8) is 0 Å². The average Bonchev–Trinajstić information content (AvgIpc) is 2.71. The molecule has 0 aromatic heterocycles. The lowest BCUT2D eigenvalue weighted by atomic mass is 9.94. The van der Waals surface area contributed by atoms with Crippen molar-refractivity contribution in [3.05, 3.63) is 69.7 Å². The van der Waals surface area contributed by atoms with Crippen LogP contribution in [0.15, 0.2) is 53.0 Å². The Balaban J connectivity index is 2.25. The van der Waals surface area contributed by atoms with Gasteiger partial charge in [-0.1, -0.05) is 46.3 Å². The van der Waals surface area contributed by atoms with Gasteiger partial charge in [-0.2, -0.15) is 0 Å². The van der Waals surface area contributed by atoms with E-state index >= 15 is 0 Å². The van der Waals surface area contributed by atoms with Crippen LogP contribution in [-0.2, 0) is 5.72 Å². The monoisotopic (exact) mass is 347 g/mol. The molecule has 2 N–H and O–H groups in total. The smallest absolute Gasteiger partial charge is 0.257 e. The lowest BCUT2D eigenvalue weighted by Crippen LogP contribution is -2.46.